The fourth-order valence-corrected chi connectivity index (χ4v) is 1.95. The third-order valence-corrected chi connectivity index (χ3v) is 3.26. The lowest BCUT2D eigenvalue weighted by Gasteiger charge is -2.12. The first-order valence-electron chi connectivity index (χ1n) is 6.97. The number of benzene rings is 2. The van der Waals surface area contributed by atoms with Gasteiger partial charge in [0.05, 0.1) is 11.1 Å². The van der Waals surface area contributed by atoms with Crippen LogP contribution in [-0.4, -0.2) is 17.0 Å². The molecule has 0 aliphatic carbocycles. The molecule has 1 N–H and O–H groups in total. The minimum Gasteiger partial charge on any atom is -0.478 e. The largest absolute Gasteiger partial charge is 0.478 e. The van der Waals surface area contributed by atoms with Crippen molar-refractivity contribution in [2.75, 3.05) is 0 Å². The quantitative estimate of drug-likeness (QED) is 0.519. The van der Waals surface area contributed by atoms with E-state index in [4.69, 9.17) is 4.74 Å². The standard InChI is InChI=1S/C19H16O4/c1-13(15-9-5-3-6-10-15)19(22)23-17(14(2)18(20)21)16-11-7-4-8-12-16/h3-12H,1H2,2H3,(H,20,21). The fourth-order valence-electron chi connectivity index (χ4n) is 1.95. The summed E-state index contributed by atoms with van der Waals surface area (Å²) >= 11 is 0. The number of carbonyl (C=O) groups is 2. The van der Waals surface area contributed by atoms with Crippen molar-refractivity contribution in [3.05, 3.63) is 83.9 Å². The van der Waals surface area contributed by atoms with Crippen molar-refractivity contribution >= 4 is 23.3 Å². The Morgan fingerprint density at radius 3 is 1.87 bits per heavy atom. The minimum absolute atomic E-state index is 0.0141. The van der Waals surface area contributed by atoms with Crippen LogP contribution in [0.15, 0.2) is 72.8 Å². The van der Waals surface area contributed by atoms with E-state index < -0.39 is 11.9 Å². The average molecular weight is 308 g/mol. The Kier molecular flexibility index (Phi) is 5.10. The zero-order chi connectivity index (χ0) is 16.8. The summed E-state index contributed by atoms with van der Waals surface area (Å²) in [6, 6.07) is 17.5. The van der Waals surface area contributed by atoms with Crippen molar-refractivity contribution < 1.29 is 19.4 Å². The third kappa shape index (κ3) is 3.95. The van der Waals surface area contributed by atoms with Gasteiger partial charge in [-0.05, 0) is 12.5 Å². The molecule has 0 unspecified atom stereocenters. The first kappa shape index (κ1) is 16.2. The van der Waals surface area contributed by atoms with Crippen molar-refractivity contribution in [1.29, 1.82) is 0 Å². The summed E-state index contributed by atoms with van der Waals surface area (Å²) in [7, 11) is 0. The topological polar surface area (TPSA) is 63.6 Å². The van der Waals surface area contributed by atoms with Crippen LogP contribution in [-0.2, 0) is 14.3 Å². The number of hydrogen-bond donors (Lipinski definition) is 1. The van der Waals surface area contributed by atoms with Gasteiger partial charge in [0, 0.05) is 5.56 Å². The predicted octanol–water partition coefficient (Wildman–Crippen LogP) is 3.76. The second-order valence-corrected chi connectivity index (χ2v) is 4.86. The second-order valence-electron chi connectivity index (χ2n) is 4.86. The van der Waals surface area contributed by atoms with Gasteiger partial charge in [0.1, 0.15) is 5.76 Å². The number of carboxylic acid groups (broad SMARTS) is 1. The molecule has 0 radical (unpaired) electrons. The van der Waals surface area contributed by atoms with E-state index in [1.807, 2.05) is 6.07 Å². The lowest BCUT2D eigenvalue weighted by Crippen LogP contribution is -2.10. The number of carbonyl (C=O) groups excluding carboxylic acids is 1. The molecule has 4 nitrogen and oxygen atoms in total. The van der Waals surface area contributed by atoms with Crippen molar-refractivity contribution in [2.45, 2.75) is 6.92 Å². The predicted molar refractivity (Wildman–Crippen MR) is 88.2 cm³/mol. The second kappa shape index (κ2) is 7.22. The Morgan fingerprint density at radius 1 is 0.913 bits per heavy atom. The van der Waals surface area contributed by atoms with Gasteiger partial charge in [-0.2, -0.15) is 0 Å². The molecule has 23 heavy (non-hydrogen) atoms. The van der Waals surface area contributed by atoms with E-state index in [2.05, 4.69) is 6.58 Å². The molecular formula is C19H16O4. The molecule has 0 fully saturated rings. The molecule has 0 saturated carbocycles. The number of rotatable bonds is 5. The van der Waals surface area contributed by atoms with Gasteiger partial charge in [-0.3, -0.25) is 0 Å². The molecule has 0 atom stereocenters. The van der Waals surface area contributed by atoms with Crippen LogP contribution >= 0.6 is 0 Å². The van der Waals surface area contributed by atoms with Crippen LogP contribution < -0.4 is 0 Å². The van der Waals surface area contributed by atoms with E-state index >= 15 is 0 Å². The molecule has 2 aromatic carbocycles. The zero-order valence-corrected chi connectivity index (χ0v) is 12.7. The number of hydrogen-bond acceptors (Lipinski definition) is 3. The minimum atomic E-state index is -1.15. The number of carboxylic acids is 1. The van der Waals surface area contributed by atoms with Gasteiger partial charge in [-0.1, -0.05) is 67.2 Å². The van der Waals surface area contributed by atoms with Crippen molar-refractivity contribution in [3.8, 4) is 0 Å². The highest BCUT2D eigenvalue weighted by Gasteiger charge is 2.19. The highest BCUT2D eigenvalue weighted by Crippen LogP contribution is 2.24. The number of aliphatic carboxylic acids is 1. The smallest absolute Gasteiger partial charge is 0.343 e. The summed E-state index contributed by atoms with van der Waals surface area (Å²) in [6.07, 6.45) is 0. The van der Waals surface area contributed by atoms with Crippen LogP contribution in [0.25, 0.3) is 11.3 Å². The first-order chi connectivity index (χ1) is 11.0. The molecule has 0 aromatic heterocycles. The van der Waals surface area contributed by atoms with E-state index in [0.29, 0.717) is 11.1 Å². The van der Waals surface area contributed by atoms with Gasteiger partial charge in [0.25, 0.3) is 0 Å². The molecule has 4 heteroatoms. The molecular weight excluding hydrogens is 292 g/mol. The molecule has 0 spiro atoms. The van der Waals surface area contributed by atoms with Crippen LogP contribution in [0.4, 0.5) is 0 Å². The Balaban J connectivity index is 2.33. The lowest BCUT2D eigenvalue weighted by molar-refractivity contribution is -0.132. The summed E-state index contributed by atoms with van der Waals surface area (Å²) in [5, 5.41) is 9.21. The van der Waals surface area contributed by atoms with Crippen LogP contribution in [0.2, 0.25) is 0 Å². The number of esters is 1. The molecule has 0 aliphatic rings. The molecule has 0 amide bonds. The van der Waals surface area contributed by atoms with Gasteiger partial charge in [-0.25, -0.2) is 9.59 Å². The summed E-state index contributed by atoms with van der Waals surface area (Å²) < 4.78 is 5.34. The van der Waals surface area contributed by atoms with E-state index in [1.54, 1.807) is 54.6 Å². The Labute approximate surface area is 134 Å². The number of ether oxygens (including phenoxy) is 1. The van der Waals surface area contributed by atoms with Gasteiger partial charge in [0.15, 0.2) is 0 Å². The average Bonchev–Trinajstić information content (AvgIpc) is 2.59. The monoisotopic (exact) mass is 308 g/mol. The molecule has 0 aliphatic heterocycles. The van der Waals surface area contributed by atoms with Crippen LogP contribution in [0, 0.1) is 0 Å². The highest BCUT2D eigenvalue weighted by atomic mass is 16.5. The van der Waals surface area contributed by atoms with Crippen molar-refractivity contribution in [1.82, 2.24) is 0 Å². The van der Waals surface area contributed by atoms with Gasteiger partial charge < -0.3 is 9.84 Å². The molecule has 0 heterocycles. The Hall–Kier alpha value is -3.14. The molecule has 2 aromatic rings. The zero-order valence-electron chi connectivity index (χ0n) is 12.7. The summed E-state index contributed by atoms with van der Waals surface area (Å²) in [5.41, 5.74) is 1.25. The maximum atomic E-state index is 12.3. The SMILES string of the molecule is C=C(C(=O)OC(=C(C)C(=O)O)c1ccccc1)c1ccccc1. The highest BCUT2D eigenvalue weighted by molar-refractivity contribution is 6.17. The van der Waals surface area contributed by atoms with E-state index in [9.17, 15) is 14.7 Å². The van der Waals surface area contributed by atoms with Crippen LogP contribution in [0.5, 0.6) is 0 Å². The maximum Gasteiger partial charge on any atom is 0.343 e. The van der Waals surface area contributed by atoms with Crippen molar-refractivity contribution in [2.24, 2.45) is 0 Å². The summed E-state index contributed by atoms with van der Waals surface area (Å²) in [4.78, 5) is 23.6. The lowest BCUT2D eigenvalue weighted by atomic mass is 10.1. The van der Waals surface area contributed by atoms with E-state index in [-0.39, 0.29) is 16.9 Å². The first-order valence-corrected chi connectivity index (χ1v) is 6.97. The molecule has 0 bridgehead atoms. The Bertz CT molecular complexity index is 758. The van der Waals surface area contributed by atoms with E-state index in [1.165, 1.54) is 6.92 Å². The third-order valence-electron chi connectivity index (χ3n) is 3.26. The van der Waals surface area contributed by atoms with Gasteiger partial charge in [-0.15, -0.1) is 0 Å². The Morgan fingerprint density at radius 2 is 1.39 bits per heavy atom. The van der Waals surface area contributed by atoms with Crippen molar-refractivity contribution in [3.63, 3.8) is 0 Å². The van der Waals surface area contributed by atoms with Gasteiger partial charge >= 0.3 is 11.9 Å². The summed E-state index contributed by atoms with van der Waals surface area (Å²) in [6.45, 7) is 5.12. The molecule has 0 saturated heterocycles. The fraction of sp³-hybridized carbons (Fsp3) is 0.0526. The molecule has 2 rings (SSSR count). The van der Waals surface area contributed by atoms with Crippen LogP contribution in [0.1, 0.15) is 18.1 Å². The maximum absolute atomic E-state index is 12.3. The van der Waals surface area contributed by atoms with E-state index in [0.717, 1.165) is 0 Å². The molecule has 116 valence electrons. The summed E-state index contributed by atoms with van der Waals surface area (Å²) in [5.74, 6) is -1.82. The van der Waals surface area contributed by atoms with Crippen LogP contribution in [0.3, 0.4) is 0 Å². The van der Waals surface area contributed by atoms with Gasteiger partial charge in [0.2, 0.25) is 0 Å². The normalized spacial score (nSPS) is 11.3.